The van der Waals surface area contributed by atoms with Crippen LogP contribution in [0.15, 0.2) is 36.5 Å². The van der Waals surface area contributed by atoms with Crippen molar-refractivity contribution in [2.45, 2.75) is 60.1 Å². The van der Waals surface area contributed by atoms with E-state index in [0.717, 1.165) is 0 Å². The molecule has 8 nitrogen and oxygen atoms in total. The minimum Gasteiger partial charge on any atom is -0.478 e. The largest absolute Gasteiger partial charge is 0.478 e. The summed E-state index contributed by atoms with van der Waals surface area (Å²) in [5.74, 6) is -1.71. The van der Waals surface area contributed by atoms with Gasteiger partial charge in [0.25, 0.3) is 0 Å². The Bertz CT molecular complexity index is 560. The number of hydrogen-bond acceptors (Lipinski definition) is 7. The number of nitrogens with one attached hydrogen (secondary N) is 1. The van der Waals surface area contributed by atoms with Crippen LogP contribution in [0, 0.1) is 0 Å². The maximum atomic E-state index is 11.1. The summed E-state index contributed by atoms with van der Waals surface area (Å²) in [5, 5.41) is 19.7. The summed E-state index contributed by atoms with van der Waals surface area (Å²) < 4.78 is 9.37. The summed E-state index contributed by atoms with van der Waals surface area (Å²) in [6.45, 7) is 23.5. The molecule has 3 N–H and O–H groups in total. The van der Waals surface area contributed by atoms with E-state index >= 15 is 0 Å². The monoisotopic (exact) mass is 415 g/mol. The van der Waals surface area contributed by atoms with Crippen molar-refractivity contribution in [3.05, 3.63) is 36.5 Å². The second-order valence-electron chi connectivity index (χ2n) is 7.24. The quantitative estimate of drug-likeness (QED) is 0.408. The van der Waals surface area contributed by atoms with Gasteiger partial charge in [0.05, 0.1) is 12.7 Å². The molecule has 0 aromatic carbocycles. The molecule has 0 spiro atoms. The number of aliphatic hydroxyl groups excluding tert-OH is 1. The Morgan fingerprint density at radius 2 is 1.45 bits per heavy atom. The predicted octanol–water partition coefficient (Wildman–Crippen LogP) is 2.63. The standard InChI is InChI=1S/C10H19NO2.C7H12O3.C4H6O2/c1-6-13-9(12)8(2)7-11-10(3,4)5;1-5(2)7(9)10-4-6(3)8;1-3(2)4(5)6/h11H,2,6-7H2,1,3-5H3;6,8H,1,4H2,2-3H3;1H2,2H3,(H,5,6). The van der Waals surface area contributed by atoms with Crippen molar-refractivity contribution < 1.29 is 34.1 Å². The molecule has 0 aromatic rings. The molecule has 1 atom stereocenters. The third-order valence-corrected chi connectivity index (χ3v) is 2.57. The Morgan fingerprint density at radius 3 is 1.72 bits per heavy atom. The molecule has 0 aliphatic carbocycles. The van der Waals surface area contributed by atoms with Crippen LogP contribution in [0.1, 0.15) is 48.5 Å². The average molecular weight is 416 g/mol. The van der Waals surface area contributed by atoms with Crippen LogP contribution in [-0.4, -0.2) is 59.5 Å². The van der Waals surface area contributed by atoms with E-state index in [1.54, 1.807) is 20.8 Å². The molecule has 0 saturated carbocycles. The zero-order valence-corrected chi connectivity index (χ0v) is 18.8. The molecule has 0 bridgehead atoms. The number of aliphatic hydroxyl groups is 1. The number of carboxylic acids is 1. The molecule has 0 aromatic heterocycles. The van der Waals surface area contributed by atoms with Crippen molar-refractivity contribution in [3.8, 4) is 0 Å². The SMILES string of the molecule is C=C(C)C(=O)O.C=C(C)C(=O)OCC(C)O.C=C(CNC(C)(C)C)C(=O)OCC. The van der Waals surface area contributed by atoms with Gasteiger partial charge in [-0.25, -0.2) is 14.4 Å². The second-order valence-corrected chi connectivity index (χ2v) is 7.24. The van der Waals surface area contributed by atoms with E-state index in [9.17, 15) is 14.4 Å². The van der Waals surface area contributed by atoms with Crippen LogP contribution in [0.2, 0.25) is 0 Å². The van der Waals surface area contributed by atoms with Crippen LogP contribution in [0.4, 0.5) is 0 Å². The predicted molar refractivity (Wildman–Crippen MR) is 113 cm³/mol. The number of ether oxygens (including phenoxy) is 2. The number of carbonyl (C=O) groups is 3. The smallest absolute Gasteiger partial charge is 0.334 e. The van der Waals surface area contributed by atoms with Gasteiger partial charge in [-0.1, -0.05) is 19.7 Å². The summed E-state index contributed by atoms with van der Waals surface area (Å²) in [7, 11) is 0. The van der Waals surface area contributed by atoms with Crippen molar-refractivity contribution in [3.63, 3.8) is 0 Å². The highest BCUT2D eigenvalue weighted by Gasteiger charge is 2.12. The minimum atomic E-state index is -0.935. The first kappa shape index (κ1) is 31.3. The van der Waals surface area contributed by atoms with Gasteiger partial charge in [0.1, 0.15) is 6.61 Å². The zero-order valence-electron chi connectivity index (χ0n) is 18.8. The molecule has 0 radical (unpaired) electrons. The van der Waals surface area contributed by atoms with E-state index in [2.05, 4.69) is 29.8 Å². The first-order valence-corrected chi connectivity index (χ1v) is 9.04. The van der Waals surface area contributed by atoms with Crippen molar-refractivity contribution in [1.82, 2.24) is 5.32 Å². The van der Waals surface area contributed by atoms with Gasteiger partial charge < -0.3 is 25.0 Å². The van der Waals surface area contributed by atoms with E-state index in [4.69, 9.17) is 14.9 Å². The van der Waals surface area contributed by atoms with Gasteiger partial charge in [-0.2, -0.15) is 0 Å². The van der Waals surface area contributed by atoms with Crippen LogP contribution >= 0.6 is 0 Å². The van der Waals surface area contributed by atoms with E-state index in [1.807, 2.05) is 20.8 Å². The third-order valence-electron chi connectivity index (χ3n) is 2.57. The van der Waals surface area contributed by atoms with Gasteiger partial charge >= 0.3 is 17.9 Å². The number of carboxylic acid groups (broad SMARTS) is 1. The number of rotatable bonds is 8. The minimum absolute atomic E-state index is 0.00453. The molecule has 29 heavy (non-hydrogen) atoms. The fourth-order valence-corrected chi connectivity index (χ4v) is 0.997. The van der Waals surface area contributed by atoms with E-state index in [-0.39, 0.29) is 23.7 Å². The number of hydrogen-bond donors (Lipinski definition) is 3. The van der Waals surface area contributed by atoms with E-state index in [0.29, 0.717) is 24.3 Å². The topological polar surface area (TPSA) is 122 Å². The molecule has 8 heteroatoms. The summed E-state index contributed by atoms with van der Waals surface area (Å²) in [5.41, 5.74) is 0.988. The van der Waals surface area contributed by atoms with Crippen molar-refractivity contribution >= 4 is 17.9 Å². The summed E-state index contributed by atoms with van der Waals surface area (Å²) in [4.78, 5) is 31.3. The Labute approximate surface area is 174 Å². The fraction of sp³-hybridized carbons (Fsp3) is 0.571. The molecule has 0 aliphatic rings. The molecule has 0 heterocycles. The Kier molecular flexibility index (Phi) is 17.8. The summed E-state index contributed by atoms with van der Waals surface area (Å²) in [6.07, 6.45) is -0.608. The third kappa shape index (κ3) is 25.5. The van der Waals surface area contributed by atoms with Crippen LogP contribution < -0.4 is 5.32 Å². The van der Waals surface area contributed by atoms with Crippen LogP contribution in [0.25, 0.3) is 0 Å². The first-order chi connectivity index (χ1) is 13.0. The molecule has 168 valence electrons. The van der Waals surface area contributed by atoms with Gasteiger partial charge in [-0.05, 0) is 48.5 Å². The lowest BCUT2D eigenvalue weighted by atomic mass is 10.1. The highest BCUT2D eigenvalue weighted by molar-refractivity contribution is 5.88. The molecule has 0 rings (SSSR count). The maximum absolute atomic E-state index is 11.1. The lowest BCUT2D eigenvalue weighted by Gasteiger charge is -2.20. The van der Waals surface area contributed by atoms with Crippen molar-refractivity contribution in [2.75, 3.05) is 19.8 Å². The lowest BCUT2D eigenvalue weighted by Crippen LogP contribution is -2.38. The summed E-state index contributed by atoms with van der Waals surface area (Å²) in [6, 6.07) is 0. The normalized spacial score (nSPS) is 10.8. The van der Waals surface area contributed by atoms with Crippen LogP contribution in [0.3, 0.4) is 0 Å². The van der Waals surface area contributed by atoms with Crippen LogP contribution in [0.5, 0.6) is 0 Å². The zero-order chi connectivity index (χ0) is 23.8. The molecule has 0 aliphatic heterocycles. The molecule has 0 fully saturated rings. The van der Waals surface area contributed by atoms with Gasteiger partial charge in [0.2, 0.25) is 0 Å². The molecular weight excluding hydrogens is 378 g/mol. The number of aliphatic carboxylic acids is 1. The number of esters is 2. The first-order valence-electron chi connectivity index (χ1n) is 9.04. The lowest BCUT2D eigenvalue weighted by molar-refractivity contribution is -0.141. The second kappa shape index (κ2) is 16.5. The Balaban J connectivity index is -0.000000375. The highest BCUT2D eigenvalue weighted by Crippen LogP contribution is 2.01. The average Bonchev–Trinajstić information content (AvgIpc) is 2.57. The highest BCUT2D eigenvalue weighted by atomic mass is 16.5. The van der Waals surface area contributed by atoms with Crippen LogP contribution in [-0.2, 0) is 23.9 Å². The van der Waals surface area contributed by atoms with Gasteiger partial charge in [0.15, 0.2) is 0 Å². The van der Waals surface area contributed by atoms with Gasteiger partial charge in [-0.15, -0.1) is 0 Å². The van der Waals surface area contributed by atoms with E-state index in [1.165, 1.54) is 6.92 Å². The molecule has 1 unspecified atom stereocenters. The maximum Gasteiger partial charge on any atom is 0.334 e. The fourth-order valence-electron chi connectivity index (χ4n) is 0.997. The molecule has 0 amide bonds. The summed E-state index contributed by atoms with van der Waals surface area (Å²) >= 11 is 0. The Morgan fingerprint density at radius 1 is 1.00 bits per heavy atom. The number of carbonyl (C=O) groups excluding carboxylic acids is 2. The van der Waals surface area contributed by atoms with E-state index < -0.39 is 18.0 Å². The van der Waals surface area contributed by atoms with Crippen molar-refractivity contribution in [2.24, 2.45) is 0 Å². The van der Waals surface area contributed by atoms with Gasteiger partial charge in [-0.3, -0.25) is 0 Å². The Hall–Kier alpha value is -2.45. The van der Waals surface area contributed by atoms with Gasteiger partial charge in [0, 0.05) is 28.8 Å². The molecule has 0 saturated heterocycles. The van der Waals surface area contributed by atoms with Crippen molar-refractivity contribution in [1.29, 1.82) is 0 Å². The molecular formula is C21H37NO7.